The van der Waals surface area contributed by atoms with Crippen LogP contribution in [0, 0.1) is 5.92 Å². The van der Waals surface area contributed by atoms with Gasteiger partial charge in [0.1, 0.15) is 0 Å². The van der Waals surface area contributed by atoms with E-state index in [9.17, 15) is 4.79 Å². The maximum Gasteiger partial charge on any atom is 0.308 e. The van der Waals surface area contributed by atoms with Crippen LogP contribution >= 0.6 is 0 Å². The van der Waals surface area contributed by atoms with Crippen molar-refractivity contribution in [1.29, 1.82) is 0 Å². The van der Waals surface area contributed by atoms with Crippen molar-refractivity contribution in [3.05, 3.63) is 0 Å². The van der Waals surface area contributed by atoms with Crippen molar-refractivity contribution >= 4 is 5.97 Å². The number of carbonyl (C=O) groups excluding carboxylic acids is 1. The highest BCUT2D eigenvalue weighted by molar-refractivity contribution is 5.69. The van der Waals surface area contributed by atoms with Crippen molar-refractivity contribution in [2.75, 3.05) is 26.8 Å². The molecule has 0 aromatic carbocycles. The van der Waals surface area contributed by atoms with Crippen LogP contribution in [0.3, 0.4) is 0 Å². The number of hydrogen-bond donors (Lipinski definition) is 0. The molecule has 0 bridgehead atoms. The Labute approximate surface area is 115 Å². The molecule has 2 heterocycles. The maximum atomic E-state index is 11.2. The minimum Gasteiger partial charge on any atom is -0.469 e. The molecule has 5 heteroatoms. The first-order valence-electron chi connectivity index (χ1n) is 7.18. The third-order valence-corrected chi connectivity index (χ3v) is 4.08. The quantitative estimate of drug-likeness (QED) is 0.724. The highest BCUT2D eigenvalue weighted by atomic mass is 16.7. The highest BCUT2D eigenvalue weighted by Gasteiger charge is 2.35. The number of carbonyl (C=O) groups is 1. The van der Waals surface area contributed by atoms with Crippen molar-refractivity contribution in [3.8, 4) is 0 Å². The molecule has 110 valence electrons. The van der Waals surface area contributed by atoms with Crippen LogP contribution in [-0.2, 0) is 19.0 Å². The summed E-state index contributed by atoms with van der Waals surface area (Å²) < 4.78 is 16.2. The second kappa shape index (κ2) is 6.68. The first-order valence-corrected chi connectivity index (χ1v) is 7.18. The summed E-state index contributed by atoms with van der Waals surface area (Å²) in [6.45, 7) is 7.18. The minimum absolute atomic E-state index is 0.135. The Morgan fingerprint density at radius 2 is 2.05 bits per heavy atom. The zero-order chi connectivity index (χ0) is 13.8. The van der Waals surface area contributed by atoms with Crippen LogP contribution in [0.4, 0.5) is 0 Å². The second-order valence-electron chi connectivity index (χ2n) is 5.71. The van der Waals surface area contributed by atoms with Gasteiger partial charge in [-0.1, -0.05) is 0 Å². The molecule has 5 nitrogen and oxygen atoms in total. The molecule has 2 rings (SSSR count). The van der Waals surface area contributed by atoms with Gasteiger partial charge >= 0.3 is 5.97 Å². The molecular formula is C14H25NO4. The van der Waals surface area contributed by atoms with Gasteiger partial charge in [0, 0.05) is 12.0 Å². The van der Waals surface area contributed by atoms with Crippen molar-refractivity contribution < 1.29 is 19.0 Å². The lowest BCUT2D eigenvalue weighted by Crippen LogP contribution is -2.41. The lowest BCUT2D eigenvalue weighted by atomic mass is 9.95. The number of nitrogens with zero attached hydrogens (tertiary/aromatic N) is 1. The van der Waals surface area contributed by atoms with E-state index >= 15 is 0 Å². The highest BCUT2D eigenvalue weighted by Crippen LogP contribution is 2.29. The van der Waals surface area contributed by atoms with E-state index in [1.54, 1.807) is 0 Å². The molecule has 0 aromatic heterocycles. The van der Waals surface area contributed by atoms with Crippen LogP contribution in [0.25, 0.3) is 0 Å². The molecule has 2 unspecified atom stereocenters. The summed E-state index contributed by atoms with van der Waals surface area (Å²) in [7, 11) is 1.40. The smallest absolute Gasteiger partial charge is 0.308 e. The zero-order valence-corrected chi connectivity index (χ0v) is 12.1. The van der Waals surface area contributed by atoms with Gasteiger partial charge in [-0.15, -0.1) is 0 Å². The van der Waals surface area contributed by atoms with Crippen molar-refractivity contribution in [3.63, 3.8) is 0 Å². The van der Waals surface area contributed by atoms with E-state index in [-0.39, 0.29) is 24.8 Å². The average Bonchev–Trinajstić information content (AvgIpc) is 2.87. The van der Waals surface area contributed by atoms with Gasteiger partial charge in [-0.2, -0.15) is 0 Å². The fraction of sp³-hybridized carbons (Fsp3) is 0.929. The lowest BCUT2D eigenvalue weighted by molar-refractivity contribution is -0.145. The van der Waals surface area contributed by atoms with Crippen LogP contribution in [0.15, 0.2) is 0 Å². The Morgan fingerprint density at radius 1 is 1.37 bits per heavy atom. The summed E-state index contributed by atoms with van der Waals surface area (Å²) in [5.74, 6) is 0.224. The zero-order valence-electron chi connectivity index (χ0n) is 12.1. The molecule has 2 saturated heterocycles. The first-order chi connectivity index (χ1) is 9.10. The molecule has 0 saturated carbocycles. The molecule has 0 aliphatic carbocycles. The maximum absolute atomic E-state index is 11.2. The second-order valence-corrected chi connectivity index (χ2v) is 5.71. The first kappa shape index (κ1) is 14.8. The molecule has 0 aromatic rings. The van der Waals surface area contributed by atoms with Crippen LogP contribution in [-0.4, -0.2) is 56.1 Å². The number of piperidine rings is 1. The van der Waals surface area contributed by atoms with E-state index in [1.165, 1.54) is 7.11 Å². The minimum atomic E-state index is -0.233. The Balaban J connectivity index is 1.74. The monoisotopic (exact) mass is 271 g/mol. The van der Waals surface area contributed by atoms with Gasteiger partial charge in [0.2, 0.25) is 0 Å². The molecule has 0 amide bonds. The molecule has 0 spiro atoms. The number of esters is 1. The summed E-state index contributed by atoms with van der Waals surface area (Å²) in [5.41, 5.74) is 0. The van der Waals surface area contributed by atoms with Gasteiger partial charge in [-0.25, -0.2) is 0 Å². The fourth-order valence-electron chi connectivity index (χ4n) is 2.80. The normalized spacial score (nSPS) is 29.9. The standard InChI is InChI=1S/C14H25NO4/c1-10(2)15-6-4-11(5-7-15)14-18-9-12(19-14)8-13(16)17-3/h10-12,14H,4-9H2,1-3H3. The Kier molecular flexibility index (Phi) is 5.19. The van der Waals surface area contributed by atoms with Crippen molar-refractivity contribution in [1.82, 2.24) is 4.90 Å². The SMILES string of the molecule is COC(=O)CC1COC(C2CCN(C(C)C)CC2)O1. The predicted octanol–water partition coefficient (Wildman–Crippen LogP) is 1.41. The molecule has 19 heavy (non-hydrogen) atoms. The average molecular weight is 271 g/mol. The number of rotatable bonds is 4. The molecule has 2 aliphatic rings. The number of methoxy groups -OCH3 is 1. The van der Waals surface area contributed by atoms with E-state index in [2.05, 4.69) is 23.5 Å². The Morgan fingerprint density at radius 3 is 2.63 bits per heavy atom. The summed E-state index contributed by atoms with van der Waals surface area (Å²) in [6, 6.07) is 0.610. The van der Waals surface area contributed by atoms with Crippen LogP contribution < -0.4 is 0 Å². The third kappa shape index (κ3) is 3.91. The van der Waals surface area contributed by atoms with Crippen molar-refractivity contribution in [2.24, 2.45) is 5.92 Å². The molecule has 2 atom stereocenters. The predicted molar refractivity (Wildman–Crippen MR) is 70.7 cm³/mol. The van der Waals surface area contributed by atoms with Gasteiger partial charge in [0.15, 0.2) is 6.29 Å². The summed E-state index contributed by atoms with van der Waals surface area (Å²) in [4.78, 5) is 13.7. The third-order valence-electron chi connectivity index (χ3n) is 4.08. The largest absolute Gasteiger partial charge is 0.469 e. The number of ether oxygens (including phenoxy) is 3. The number of likely N-dealkylation sites (tertiary alicyclic amines) is 1. The van der Waals surface area contributed by atoms with E-state index in [0.29, 0.717) is 18.6 Å². The number of hydrogen-bond acceptors (Lipinski definition) is 5. The van der Waals surface area contributed by atoms with E-state index in [1.807, 2.05) is 0 Å². The molecule has 0 N–H and O–H groups in total. The molecular weight excluding hydrogens is 246 g/mol. The van der Waals surface area contributed by atoms with Gasteiger partial charge < -0.3 is 19.1 Å². The summed E-state index contributed by atoms with van der Waals surface area (Å²) in [6.07, 6.45) is 2.23. The van der Waals surface area contributed by atoms with Gasteiger partial charge in [-0.3, -0.25) is 4.79 Å². The van der Waals surface area contributed by atoms with Gasteiger partial charge in [0.25, 0.3) is 0 Å². The fourth-order valence-corrected chi connectivity index (χ4v) is 2.80. The summed E-state index contributed by atoms with van der Waals surface area (Å²) >= 11 is 0. The van der Waals surface area contributed by atoms with Crippen LogP contribution in [0.5, 0.6) is 0 Å². The molecule has 2 aliphatic heterocycles. The van der Waals surface area contributed by atoms with Gasteiger partial charge in [-0.05, 0) is 39.8 Å². The summed E-state index contributed by atoms with van der Waals surface area (Å²) in [5, 5.41) is 0. The van der Waals surface area contributed by atoms with Crippen LogP contribution in [0.2, 0.25) is 0 Å². The molecule has 0 radical (unpaired) electrons. The van der Waals surface area contributed by atoms with E-state index < -0.39 is 0 Å². The Bertz CT molecular complexity index is 300. The lowest BCUT2D eigenvalue weighted by Gasteiger charge is -2.36. The Hall–Kier alpha value is -0.650. The van der Waals surface area contributed by atoms with Crippen LogP contribution in [0.1, 0.15) is 33.1 Å². The molecule has 2 fully saturated rings. The van der Waals surface area contributed by atoms with E-state index in [0.717, 1.165) is 25.9 Å². The van der Waals surface area contributed by atoms with Crippen molar-refractivity contribution in [2.45, 2.75) is 51.5 Å². The van der Waals surface area contributed by atoms with Gasteiger partial charge in [0.05, 0.1) is 26.2 Å². The topological polar surface area (TPSA) is 48.0 Å². The van der Waals surface area contributed by atoms with E-state index in [4.69, 9.17) is 9.47 Å².